The largest absolute Gasteiger partial charge is 0.392 e. The highest BCUT2D eigenvalue weighted by Crippen LogP contribution is 2.37. The molecule has 0 aromatic rings. The lowest BCUT2D eigenvalue weighted by atomic mass is 9.80. The summed E-state index contributed by atoms with van der Waals surface area (Å²) in [5, 5.41) is 13.7. The van der Waals surface area contributed by atoms with Crippen molar-refractivity contribution in [2.75, 3.05) is 19.3 Å². The minimum Gasteiger partial charge on any atom is -0.392 e. The van der Waals surface area contributed by atoms with E-state index < -0.39 is 0 Å². The van der Waals surface area contributed by atoms with Gasteiger partial charge in [-0.25, -0.2) is 0 Å². The summed E-state index contributed by atoms with van der Waals surface area (Å²) in [6.45, 7) is 2.30. The van der Waals surface area contributed by atoms with Gasteiger partial charge in [0.2, 0.25) is 0 Å². The summed E-state index contributed by atoms with van der Waals surface area (Å²) in [5.41, 5.74) is 0. The van der Waals surface area contributed by atoms with Crippen LogP contribution in [-0.4, -0.2) is 35.8 Å². The highest BCUT2D eigenvalue weighted by Gasteiger charge is 2.38. The van der Waals surface area contributed by atoms with Gasteiger partial charge in [-0.1, -0.05) is 0 Å². The molecule has 0 radical (unpaired) electrons. The lowest BCUT2D eigenvalue weighted by molar-refractivity contribution is 0.0934. The van der Waals surface area contributed by atoms with Crippen LogP contribution in [-0.2, 0) is 0 Å². The second kappa shape index (κ2) is 3.56. The van der Waals surface area contributed by atoms with Crippen LogP contribution in [0, 0.1) is 11.8 Å². The van der Waals surface area contributed by atoms with Crippen LogP contribution < -0.4 is 5.32 Å². The van der Waals surface area contributed by atoms with E-state index in [1.807, 2.05) is 11.8 Å². The van der Waals surface area contributed by atoms with Crippen LogP contribution in [0.3, 0.4) is 0 Å². The first-order valence-corrected chi connectivity index (χ1v) is 6.01. The number of fused-ring (bicyclic) bond motifs is 1. The van der Waals surface area contributed by atoms with Gasteiger partial charge >= 0.3 is 0 Å². The fourth-order valence-electron chi connectivity index (χ4n) is 2.51. The van der Waals surface area contributed by atoms with Gasteiger partial charge in [0.15, 0.2) is 0 Å². The number of hydrogen-bond donors (Lipinski definition) is 2. The molecule has 1 heterocycles. The molecule has 4 unspecified atom stereocenters. The fraction of sp³-hybridized carbons (Fsp3) is 1.00. The van der Waals surface area contributed by atoms with Crippen molar-refractivity contribution in [2.24, 2.45) is 11.8 Å². The van der Waals surface area contributed by atoms with Gasteiger partial charge in [0, 0.05) is 5.25 Å². The average Bonchev–Trinajstić information content (AvgIpc) is 2.49. The van der Waals surface area contributed by atoms with Crippen molar-refractivity contribution in [3.8, 4) is 0 Å². The zero-order chi connectivity index (χ0) is 8.55. The van der Waals surface area contributed by atoms with Gasteiger partial charge in [-0.2, -0.15) is 11.8 Å². The van der Waals surface area contributed by atoms with Gasteiger partial charge in [-0.05, 0) is 44.0 Å². The number of nitrogens with one attached hydrogen (secondary N) is 1. The van der Waals surface area contributed by atoms with Gasteiger partial charge < -0.3 is 10.4 Å². The molecule has 1 saturated heterocycles. The molecule has 3 heteroatoms. The molecule has 2 fully saturated rings. The van der Waals surface area contributed by atoms with E-state index in [0.717, 1.165) is 24.8 Å². The zero-order valence-electron chi connectivity index (χ0n) is 7.49. The summed E-state index contributed by atoms with van der Waals surface area (Å²) in [4.78, 5) is 0. The zero-order valence-corrected chi connectivity index (χ0v) is 8.31. The normalized spacial score (nSPS) is 47.5. The number of thioether (sulfide) groups is 1. The van der Waals surface area contributed by atoms with Crippen LogP contribution in [0.2, 0.25) is 0 Å². The molecule has 0 spiro atoms. The Labute approximate surface area is 78.1 Å². The van der Waals surface area contributed by atoms with E-state index in [4.69, 9.17) is 0 Å². The topological polar surface area (TPSA) is 32.3 Å². The van der Waals surface area contributed by atoms with E-state index in [9.17, 15) is 5.11 Å². The van der Waals surface area contributed by atoms with Crippen molar-refractivity contribution in [3.05, 3.63) is 0 Å². The maximum Gasteiger partial charge on any atom is 0.0662 e. The number of rotatable bonds is 1. The van der Waals surface area contributed by atoms with E-state index in [0.29, 0.717) is 5.25 Å². The lowest BCUT2D eigenvalue weighted by Gasteiger charge is -2.34. The molecule has 0 aromatic carbocycles. The second-order valence-electron chi connectivity index (χ2n) is 3.99. The van der Waals surface area contributed by atoms with Gasteiger partial charge in [0.05, 0.1) is 6.10 Å². The Balaban J connectivity index is 1.98. The molecule has 2 nitrogen and oxygen atoms in total. The highest BCUT2D eigenvalue weighted by atomic mass is 32.2. The molecular formula is C9H17NOS. The molecule has 0 amide bonds. The standard InChI is InChI=1S/C9H17NOS/c1-12-9-3-7-5-10-4-6(7)2-8(9)11/h6-11H,2-5H2,1H3. The Hall–Kier alpha value is 0.270. The third kappa shape index (κ3) is 1.50. The fourth-order valence-corrected chi connectivity index (χ4v) is 3.37. The molecule has 2 N–H and O–H groups in total. The quantitative estimate of drug-likeness (QED) is 0.634. The van der Waals surface area contributed by atoms with E-state index in [-0.39, 0.29) is 6.10 Å². The number of aliphatic hydroxyl groups is 1. The summed E-state index contributed by atoms with van der Waals surface area (Å²) in [6, 6.07) is 0. The molecular weight excluding hydrogens is 170 g/mol. The van der Waals surface area contributed by atoms with Crippen LogP contribution >= 0.6 is 11.8 Å². The van der Waals surface area contributed by atoms with Crippen molar-refractivity contribution in [1.82, 2.24) is 5.32 Å². The van der Waals surface area contributed by atoms with Gasteiger partial charge in [-0.15, -0.1) is 0 Å². The molecule has 4 atom stereocenters. The minimum atomic E-state index is -0.0545. The first-order chi connectivity index (χ1) is 5.81. The monoisotopic (exact) mass is 187 g/mol. The molecule has 2 rings (SSSR count). The van der Waals surface area contributed by atoms with Crippen molar-refractivity contribution < 1.29 is 5.11 Å². The summed E-state index contributed by atoms with van der Waals surface area (Å²) >= 11 is 1.82. The van der Waals surface area contributed by atoms with E-state index >= 15 is 0 Å². The molecule has 0 aromatic heterocycles. The van der Waals surface area contributed by atoms with E-state index in [1.165, 1.54) is 13.0 Å². The molecule has 1 aliphatic heterocycles. The van der Waals surface area contributed by atoms with Crippen LogP contribution in [0.5, 0.6) is 0 Å². The van der Waals surface area contributed by atoms with Crippen molar-refractivity contribution in [1.29, 1.82) is 0 Å². The first kappa shape index (κ1) is 8.85. The van der Waals surface area contributed by atoms with Crippen LogP contribution in [0.15, 0.2) is 0 Å². The number of aliphatic hydroxyl groups excluding tert-OH is 1. The summed E-state index contributed by atoms with van der Waals surface area (Å²) in [7, 11) is 0. The van der Waals surface area contributed by atoms with Crippen molar-refractivity contribution in [2.45, 2.75) is 24.2 Å². The SMILES string of the molecule is CSC1CC2CNCC2CC1O. The molecule has 1 saturated carbocycles. The van der Waals surface area contributed by atoms with Gasteiger partial charge in [0.25, 0.3) is 0 Å². The smallest absolute Gasteiger partial charge is 0.0662 e. The Bertz CT molecular complexity index is 165. The van der Waals surface area contributed by atoms with Crippen molar-refractivity contribution in [3.63, 3.8) is 0 Å². The predicted octanol–water partition coefficient (Wildman–Crippen LogP) is 0.708. The van der Waals surface area contributed by atoms with Crippen LogP contribution in [0.25, 0.3) is 0 Å². The first-order valence-electron chi connectivity index (χ1n) is 4.73. The Morgan fingerprint density at radius 2 is 1.92 bits per heavy atom. The maximum absolute atomic E-state index is 9.77. The van der Waals surface area contributed by atoms with Gasteiger partial charge in [0.1, 0.15) is 0 Å². The average molecular weight is 187 g/mol. The molecule has 2 aliphatic rings. The van der Waals surface area contributed by atoms with Gasteiger partial charge in [-0.3, -0.25) is 0 Å². The molecule has 0 bridgehead atoms. The third-order valence-electron chi connectivity index (χ3n) is 3.29. The second-order valence-corrected chi connectivity index (χ2v) is 5.07. The molecule has 12 heavy (non-hydrogen) atoms. The lowest BCUT2D eigenvalue weighted by Crippen LogP contribution is -2.36. The maximum atomic E-state index is 9.77. The van der Waals surface area contributed by atoms with Crippen molar-refractivity contribution >= 4 is 11.8 Å². The van der Waals surface area contributed by atoms with Crippen LogP contribution in [0.1, 0.15) is 12.8 Å². The Kier molecular flexibility index (Phi) is 2.63. The van der Waals surface area contributed by atoms with Crippen LogP contribution in [0.4, 0.5) is 0 Å². The van der Waals surface area contributed by atoms with E-state index in [1.54, 1.807) is 0 Å². The Morgan fingerprint density at radius 3 is 2.58 bits per heavy atom. The summed E-state index contributed by atoms with van der Waals surface area (Å²) in [6.07, 6.45) is 4.28. The highest BCUT2D eigenvalue weighted by molar-refractivity contribution is 7.99. The minimum absolute atomic E-state index is 0.0545. The molecule has 70 valence electrons. The summed E-state index contributed by atoms with van der Waals surface area (Å²) in [5.74, 6) is 1.59. The third-order valence-corrected chi connectivity index (χ3v) is 4.40. The summed E-state index contributed by atoms with van der Waals surface area (Å²) < 4.78 is 0. The van der Waals surface area contributed by atoms with E-state index in [2.05, 4.69) is 11.6 Å². The predicted molar refractivity (Wildman–Crippen MR) is 52.4 cm³/mol. The molecule has 1 aliphatic carbocycles. The number of hydrogen-bond acceptors (Lipinski definition) is 3. The Morgan fingerprint density at radius 1 is 1.25 bits per heavy atom.